The van der Waals surface area contributed by atoms with Gasteiger partial charge in [-0.1, -0.05) is 12.1 Å². The van der Waals surface area contributed by atoms with E-state index in [1.807, 2.05) is 0 Å². The maximum Gasteiger partial charge on any atom is 0.405 e. The fourth-order valence-corrected chi connectivity index (χ4v) is 1.56. The first-order chi connectivity index (χ1) is 8.56. The molecule has 18 heavy (non-hydrogen) atoms. The van der Waals surface area contributed by atoms with Gasteiger partial charge in [-0.2, -0.15) is 0 Å². The second-order valence-corrected chi connectivity index (χ2v) is 3.72. The molecule has 1 fully saturated rings. The number of hydrogen-bond acceptors (Lipinski definition) is 4. The number of primary amides is 1. The van der Waals surface area contributed by atoms with Crippen LogP contribution < -0.4 is 5.73 Å². The third-order valence-electron chi connectivity index (χ3n) is 2.40. The summed E-state index contributed by atoms with van der Waals surface area (Å²) < 4.78 is 17.3. The number of hydrogen-bond donors (Lipinski definition) is 1. The second-order valence-electron chi connectivity index (χ2n) is 3.72. The average molecular weight is 254 g/mol. The largest absolute Gasteiger partial charge is 0.434 e. The first-order valence-corrected chi connectivity index (χ1v) is 5.21. The van der Waals surface area contributed by atoms with Crippen LogP contribution in [0.1, 0.15) is 5.56 Å². The molecule has 0 saturated carbocycles. The van der Waals surface area contributed by atoms with Crippen LogP contribution in [-0.2, 0) is 20.9 Å². The number of carbonyl (C=O) groups excluding carboxylic acids is 2. The second kappa shape index (κ2) is 5.01. The zero-order valence-electron chi connectivity index (χ0n) is 9.34. The molecule has 0 spiro atoms. The number of amides is 2. The van der Waals surface area contributed by atoms with Crippen molar-refractivity contribution in [1.29, 1.82) is 0 Å². The Morgan fingerprint density at radius 1 is 1.50 bits per heavy atom. The lowest BCUT2D eigenvalue weighted by atomic mass is 10.2. The maximum atomic E-state index is 12.7. The van der Waals surface area contributed by atoms with Crippen LogP contribution in [0.3, 0.4) is 0 Å². The molecule has 0 radical (unpaired) electrons. The van der Waals surface area contributed by atoms with E-state index in [0.29, 0.717) is 5.56 Å². The van der Waals surface area contributed by atoms with E-state index < -0.39 is 18.1 Å². The topological polar surface area (TPSA) is 81.9 Å². The van der Waals surface area contributed by atoms with Crippen molar-refractivity contribution < 1.29 is 23.6 Å². The van der Waals surface area contributed by atoms with Crippen molar-refractivity contribution in [3.05, 3.63) is 35.6 Å². The van der Waals surface area contributed by atoms with E-state index >= 15 is 0 Å². The van der Waals surface area contributed by atoms with E-state index in [4.69, 9.17) is 10.6 Å². The highest BCUT2D eigenvalue weighted by Crippen LogP contribution is 2.15. The molecular weight excluding hydrogens is 243 g/mol. The highest BCUT2D eigenvalue weighted by atomic mass is 19.1. The summed E-state index contributed by atoms with van der Waals surface area (Å²) >= 11 is 0. The van der Waals surface area contributed by atoms with Crippen molar-refractivity contribution in [2.24, 2.45) is 5.73 Å². The Labute approximate surface area is 102 Å². The minimum atomic E-state index is -1.03. The lowest BCUT2D eigenvalue weighted by Crippen LogP contribution is -2.33. The van der Waals surface area contributed by atoms with Crippen LogP contribution in [-0.4, -0.2) is 29.8 Å². The number of benzene rings is 1. The molecule has 0 unspecified atom stereocenters. The zero-order valence-corrected chi connectivity index (χ0v) is 9.34. The van der Waals surface area contributed by atoms with Gasteiger partial charge in [0.25, 0.3) is 5.91 Å². The summed E-state index contributed by atoms with van der Waals surface area (Å²) in [5.74, 6) is -0.847. The standard InChI is InChI=1S/C11H11FN2O4/c12-8-3-1-7(2-4-8)5-14-10(15)9(6-17-14)18-11(13)16/h1-4,9H,5-6H2,(H2,13,16)/t9-/m1/s1. The highest BCUT2D eigenvalue weighted by molar-refractivity contribution is 5.83. The van der Waals surface area contributed by atoms with E-state index in [1.54, 1.807) is 0 Å². The van der Waals surface area contributed by atoms with Crippen LogP contribution in [0.5, 0.6) is 0 Å². The van der Waals surface area contributed by atoms with Crippen LogP contribution >= 0.6 is 0 Å². The SMILES string of the molecule is NC(=O)O[C@@H]1CON(Cc2ccc(F)cc2)C1=O. The maximum absolute atomic E-state index is 12.7. The molecule has 1 aliphatic rings. The Morgan fingerprint density at radius 3 is 2.78 bits per heavy atom. The first-order valence-electron chi connectivity index (χ1n) is 5.21. The Kier molecular flexibility index (Phi) is 3.42. The summed E-state index contributed by atoms with van der Waals surface area (Å²) in [4.78, 5) is 27.3. The molecule has 6 nitrogen and oxygen atoms in total. The van der Waals surface area contributed by atoms with Crippen molar-refractivity contribution in [3.63, 3.8) is 0 Å². The molecule has 1 heterocycles. The van der Waals surface area contributed by atoms with Gasteiger partial charge in [-0.3, -0.25) is 9.63 Å². The van der Waals surface area contributed by atoms with Gasteiger partial charge < -0.3 is 10.5 Å². The zero-order chi connectivity index (χ0) is 13.1. The van der Waals surface area contributed by atoms with Gasteiger partial charge in [0.2, 0.25) is 6.10 Å². The first kappa shape index (κ1) is 12.3. The number of rotatable bonds is 3. The number of ether oxygens (including phenoxy) is 1. The fraction of sp³-hybridized carbons (Fsp3) is 0.273. The Hall–Kier alpha value is -2.15. The van der Waals surface area contributed by atoms with Gasteiger partial charge in [0, 0.05) is 0 Å². The fourth-order valence-electron chi connectivity index (χ4n) is 1.56. The molecule has 2 N–H and O–H groups in total. The van der Waals surface area contributed by atoms with Crippen molar-refractivity contribution >= 4 is 12.0 Å². The van der Waals surface area contributed by atoms with Crippen molar-refractivity contribution in [1.82, 2.24) is 5.06 Å². The molecule has 2 amide bonds. The summed E-state index contributed by atoms with van der Waals surface area (Å²) in [6.07, 6.45) is -2.04. The Morgan fingerprint density at radius 2 is 2.17 bits per heavy atom. The molecule has 0 bridgehead atoms. The molecule has 0 aliphatic carbocycles. The molecule has 7 heteroatoms. The van der Waals surface area contributed by atoms with Gasteiger partial charge in [0.05, 0.1) is 6.54 Å². The van der Waals surface area contributed by atoms with Gasteiger partial charge in [-0.05, 0) is 17.7 Å². The molecule has 0 aromatic heterocycles. The predicted molar refractivity (Wildman–Crippen MR) is 57.4 cm³/mol. The average Bonchev–Trinajstić information content (AvgIpc) is 2.64. The van der Waals surface area contributed by atoms with Crippen molar-refractivity contribution in [3.8, 4) is 0 Å². The number of nitrogens with two attached hydrogens (primary N) is 1. The lowest BCUT2D eigenvalue weighted by Gasteiger charge is -2.14. The normalized spacial score (nSPS) is 19.1. The van der Waals surface area contributed by atoms with Gasteiger partial charge >= 0.3 is 6.09 Å². The van der Waals surface area contributed by atoms with Crippen LogP contribution in [0, 0.1) is 5.82 Å². The third kappa shape index (κ3) is 2.75. The van der Waals surface area contributed by atoms with Crippen molar-refractivity contribution in [2.45, 2.75) is 12.6 Å². The van der Waals surface area contributed by atoms with Crippen molar-refractivity contribution in [2.75, 3.05) is 6.61 Å². The molecular formula is C11H11FN2O4. The third-order valence-corrected chi connectivity index (χ3v) is 2.40. The summed E-state index contributed by atoms with van der Waals surface area (Å²) in [6.45, 7) is 0.0840. The number of halogens is 1. The van der Waals surface area contributed by atoms with E-state index in [9.17, 15) is 14.0 Å². The quantitative estimate of drug-likeness (QED) is 0.854. The monoisotopic (exact) mass is 254 g/mol. The molecule has 1 saturated heterocycles. The summed E-state index contributed by atoms with van der Waals surface area (Å²) in [6, 6.07) is 5.64. The molecule has 1 aromatic carbocycles. The molecule has 1 aliphatic heterocycles. The minimum absolute atomic E-state index is 0.0665. The smallest absolute Gasteiger partial charge is 0.405 e. The molecule has 1 aromatic rings. The minimum Gasteiger partial charge on any atom is -0.434 e. The van der Waals surface area contributed by atoms with Gasteiger partial charge in [0.15, 0.2) is 0 Å². The summed E-state index contributed by atoms with van der Waals surface area (Å²) in [5, 5.41) is 1.06. The summed E-state index contributed by atoms with van der Waals surface area (Å²) in [5.41, 5.74) is 5.52. The van der Waals surface area contributed by atoms with Gasteiger partial charge in [-0.25, -0.2) is 14.2 Å². The lowest BCUT2D eigenvalue weighted by molar-refractivity contribution is -0.165. The van der Waals surface area contributed by atoms with E-state index in [2.05, 4.69) is 4.74 Å². The number of hydroxylamine groups is 2. The van der Waals surface area contributed by atoms with E-state index in [-0.39, 0.29) is 19.0 Å². The summed E-state index contributed by atoms with van der Waals surface area (Å²) in [7, 11) is 0. The van der Waals surface area contributed by atoms with Crippen LogP contribution in [0.2, 0.25) is 0 Å². The molecule has 1 atom stereocenters. The van der Waals surface area contributed by atoms with Crippen LogP contribution in [0.25, 0.3) is 0 Å². The number of nitrogens with zero attached hydrogens (tertiary/aromatic N) is 1. The van der Waals surface area contributed by atoms with Gasteiger partial charge in [0.1, 0.15) is 12.4 Å². The van der Waals surface area contributed by atoms with E-state index in [1.165, 1.54) is 24.3 Å². The highest BCUT2D eigenvalue weighted by Gasteiger charge is 2.35. The van der Waals surface area contributed by atoms with Gasteiger partial charge in [-0.15, -0.1) is 0 Å². The Bertz CT molecular complexity index is 463. The Balaban J connectivity index is 1.97. The molecule has 96 valence electrons. The van der Waals surface area contributed by atoms with Crippen LogP contribution in [0.4, 0.5) is 9.18 Å². The molecule has 2 rings (SSSR count). The van der Waals surface area contributed by atoms with Crippen LogP contribution in [0.15, 0.2) is 24.3 Å². The predicted octanol–water partition coefficient (Wildman–Crippen LogP) is 0.563. The van der Waals surface area contributed by atoms with E-state index in [0.717, 1.165) is 5.06 Å². The number of carbonyl (C=O) groups is 2.